The molecule has 2 aromatic carbocycles. The number of benzene rings is 2. The minimum atomic E-state index is 0.839. The third-order valence-corrected chi connectivity index (χ3v) is 4.29. The van der Waals surface area contributed by atoms with Crippen molar-refractivity contribution in [3.63, 3.8) is 0 Å². The first-order valence-corrected chi connectivity index (χ1v) is 7.91. The number of fused-ring (bicyclic) bond motifs is 1. The van der Waals surface area contributed by atoms with Gasteiger partial charge in [0.25, 0.3) is 0 Å². The van der Waals surface area contributed by atoms with Gasteiger partial charge in [-0.15, -0.1) is 0 Å². The summed E-state index contributed by atoms with van der Waals surface area (Å²) in [6.45, 7) is 0. The van der Waals surface area contributed by atoms with Crippen LogP contribution in [0.1, 0.15) is 0 Å². The van der Waals surface area contributed by atoms with E-state index in [1.807, 2.05) is 42.5 Å². The number of pyridine rings is 1. The van der Waals surface area contributed by atoms with Crippen LogP contribution in [-0.2, 0) is 0 Å². The molecule has 23 heavy (non-hydrogen) atoms. The second-order valence-corrected chi connectivity index (χ2v) is 5.59. The fourth-order valence-corrected chi connectivity index (χ4v) is 3.17. The Bertz CT molecular complexity index is 949. The number of nitrogens with zero attached hydrogens (tertiary/aromatic N) is 3. The molecule has 0 bridgehead atoms. The lowest BCUT2D eigenvalue weighted by atomic mass is 10.00. The van der Waals surface area contributed by atoms with E-state index < -0.39 is 0 Å². The van der Waals surface area contributed by atoms with Crippen LogP contribution in [-0.4, -0.2) is 20.8 Å². The van der Waals surface area contributed by atoms with Crippen LogP contribution in [0.3, 0.4) is 0 Å². The quantitative estimate of drug-likeness (QED) is 0.560. The van der Waals surface area contributed by atoms with E-state index in [9.17, 15) is 0 Å². The van der Waals surface area contributed by atoms with Gasteiger partial charge in [-0.25, -0.2) is 0 Å². The first kappa shape index (κ1) is 13.8. The lowest BCUT2D eigenvalue weighted by Gasteiger charge is -2.07. The normalized spacial score (nSPS) is 10.8. The minimum absolute atomic E-state index is 0.839. The highest BCUT2D eigenvalue weighted by atomic mass is 32.1. The van der Waals surface area contributed by atoms with Gasteiger partial charge < -0.3 is 4.74 Å². The fraction of sp³-hybridized carbons (Fsp3) is 0.0556. The summed E-state index contributed by atoms with van der Waals surface area (Å²) in [6.07, 6.45) is 1.79. The zero-order valence-electron chi connectivity index (χ0n) is 12.4. The van der Waals surface area contributed by atoms with Crippen molar-refractivity contribution in [1.82, 2.24) is 13.7 Å². The lowest BCUT2D eigenvalue weighted by Crippen LogP contribution is -1.88. The lowest BCUT2D eigenvalue weighted by molar-refractivity contribution is 0.415. The largest absolute Gasteiger partial charge is 0.497 e. The molecule has 0 saturated carbocycles. The van der Waals surface area contributed by atoms with Gasteiger partial charge in [0.15, 0.2) is 0 Å². The standard InChI is InChI=1S/C18H13N3OS/c1-22-13-7-5-12(6-8-13)14-9-10-15(16-4-2-3-11-19-16)18-17(14)20-23-21-18/h2-11H,1H3. The maximum atomic E-state index is 5.22. The molecule has 0 aliphatic heterocycles. The van der Waals surface area contributed by atoms with E-state index in [4.69, 9.17) is 4.74 Å². The first-order valence-electron chi connectivity index (χ1n) is 7.18. The molecule has 0 unspecified atom stereocenters. The van der Waals surface area contributed by atoms with Crippen LogP contribution in [0.25, 0.3) is 33.4 Å². The van der Waals surface area contributed by atoms with Gasteiger partial charge in [0, 0.05) is 17.3 Å². The molecule has 4 rings (SSSR count). The molecule has 0 atom stereocenters. The fourth-order valence-electron chi connectivity index (χ4n) is 2.60. The van der Waals surface area contributed by atoms with Gasteiger partial charge >= 0.3 is 0 Å². The minimum Gasteiger partial charge on any atom is -0.497 e. The van der Waals surface area contributed by atoms with Crippen LogP contribution in [0.2, 0.25) is 0 Å². The summed E-state index contributed by atoms with van der Waals surface area (Å²) in [5.41, 5.74) is 5.87. The number of aromatic nitrogens is 3. The zero-order chi connectivity index (χ0) is 15.6. The van der Waals surface area contributed by atoms with Crippen LogP contribution in [0.15, 0.2) is 60.8 Å². The molecule has 5 heteroatoms. The van der Waals surface area contributed by atoms with Crippen molar-refractivity contribution in [3.05, 3.63) is 60.8 Å². The predicted molar refractivity (Wildman–Crippen MR) is 92.6 cm³/mol. The molecule has 2 aromatic heterocycles. The van der Waals surface area contributed by atoms with Gasteiger partial charge in [-0.3, -0.25) is 4.98 Å². The van der Waals surface area contributed by atoms with E-state index in [1.165, 1.54) is 11.7 Å². The highest BCUT2D eigenvalue weighted by molar-refractivity contribution is 7.00. The molecule has 0 radical (unpaired) electrons. The highest BCUT2D eigenvalue weighted by Gasteiger charge is 2.13. The summed E-state index contributed by atoms with van der Waals surface area (Å²) in [5.74, 6) is 0.839. The monoisotopic (exact) mass is 319 g/mol. The van der Waals surface area contributed by atoms with E-state index in [0.29, 0.717) is 0 Å². The van der Waals surface area contributed by atoms with Crippen LogP contribution < -0.4 is 4.74 Å². The second kappa shape index (κ2) is 5.78. The van der Waals surface area contributed by atoms with E-state index >= 15 is 0 Å². The Morgan fingerprint density at radius 3 is 2.26 bits per heavy atom. The van der Waals surface area contributed by atoms with Crippen molar-refractivity contribution < 1.29 is 4.74 Å². The SMILES string of the molecule is COc1ccc(-c2ccc(-c3ccccn3)c3nsnc23)cc1. The maximum Gasteiger partial charge on any atom is 0.118 e. The molecule has 0 aliphatic carbocycles. The Labute approximate surface area is 137 Å². The molecule has 0 amide bonds. The molecule has 4 aromatic rings. The summed E-state index contributed by atoms with van der Waals surface area (Å²) in [6, 6.07) is 18.0. The third kappa shape index (κ3) is 2.45. The van der Waals surface area contributed by atoms with Gasteiger partial charge in [-0.1, -0.05) is 24.3 Å². The number of methoxy groups -OCH3 is 1. The molecule has 0 N–H and O–H groups in total. The Kier molecular flexibility index (Phi) is 3.48. The summed E-state index contributed by atoms with van der Waals surface area (Å²) in [4.78, 5) is 4.42. The average molecular weight is 319 g/mol. The number of hydrogen-bond acceptors (Lipinski definition) is 5. The Morgan fingerprint density at radius 1 is 0.826 bits per heavy atom. The molecule has 0 spiro atoms. The highest BCUT2D eigenvalue weighted by Crippen LogP contribution is 2.34. The van der Waals surface area contributed by atoms with Crippen molar-refractivity contribution in [3.8, 4) is 28.1 Å². The maximum absolute atomic E-state index is 5.22. The number of ether oxygens (including phenoxy) is 1. The topological polar surface area (TPSA) is 47.9 Å². The van der Waals surface area contributed by atoms with E-state index in [2.05, 4.69) is 25.9 Å². The average Bonchev–Trinajstić information content (AvgIpc) is 3.11. The Hall–Kier alpha value is -2.79. The molecular formula is C18H13N3OS. The van der Waals surface area contributed by atoms with Gasteiger partial charge in [-0.2, -0.15) is 8.75 Å². The van der Waals surface area contributed by atoms with Crippen molar-refractivity contribution in [2.24, 2.45) is 0 Å². The Morgan fingerprint density at radius 2 is 1.57 bits per heavy atom. The molecule has 0 aliphatic rings. The smallest absolute Gasteiger partial charge is 0.118 e. The van der Waals surface area contributed by atoms with Gasteiger partial charge in [0.05, 0.1) is 24.5 Å². The van der Waals surface area contributed by atoms with Crippen LogP contribution in [0.5, 0.6) is 5.75 Å². The molecule has 4 nitrogen and oxygen atoms in total. The molecule has 0 saturated heterocycles. The van der Waals surface area contributed by atoms with Gasteiger partial charge in [0.2, 0.25) is 0 Å². The van der Waals surface area contributed by atoms with Crippen molar-refractivity contribution in [1.29, 1.82) is 0 Å². The summed E-state index contributed by atoms with van der Waals surface area (Å²) in [5, 5.41) is 0. The van der Waals surface area contributed by atoms with Crippen LogP contribution in [0, 0.1) is 0 Å². The van der Waals surface area contributed by atoms with Crippen molar-refractivity contribution >= 4 is 22.8 Å². The first-order chi connectivity index (χ1) is 11.4. The van der Waals surface area contributed by atoms with Gasteiger partial charge in [-0.05, 0) is 35.9 Å². The number of hydrogen-bond donors (Lipinski definition) is 0. The predicted octanol–water partition coefficient (Wildman–Crippen LogP) is 4.43. The second-order valence-electron chi connectivity index (χ2n) is 5.07. The zero-order valence-corrected chi connectivity index (χ0v) is 13.2. The third-order valence-electron chi connectivity index (χ3n) is 3.76. The molecule has 2 heterocycles. The molecular weight excluding hydrogens is 306 g/mol. The van der Waals surface area contributed by atoms with E-state index in [1.54, 1.807) is 13.3 Å². The summed E-state index contributed by atoms with van der Waals surface area (Å²) in [7, 11) is 1.67. The molecule has 112 valence electrons. The van der Waals surface area contributed by atoms with Crippen molar-refractivity contribution in [2.75, 3.05) is 7.11 Å². The summed E-state index contributed by atoms with van der Waals surface area (Å²) < 4.78 is 14.2. The molecule has 0 fully saturated rings. The van der Waals surface area contributed by atoms with E-state index in [-0.39, 0.29) is 0 Å². The van der Waals surface area contributed by atoms with Crippen LogP contribution in [0.4, 0.5) is 0 Å². The van der Waals surface area contributed by atoms with E-state index in [0.717, 1.165) is 39.2 Å². The number of rotatable bonds is 3. The van der Waals surface area contributed by atoms with Crippen LogP contribution >= 0.6 is 11.7 Å². The summed E-state index contributed by atoms with van der Waals surface area (Å²) >= 11 is 1.23. The Balaban J connectivity index is 1.88. The van der Waals surface area contributed by atoms with Crippen molar-refractivity contribution in [2.45, 2.75) is 0 Å². The van der Waals surface area contributed by atoms with Gasteiger partial charge in [0.1, 0.15) is 16.8 Å².